The van der Waals surface area contributed by atoms with Crippen molar-refractivity contribution in [3.63, 3.8) is 0 Å². The van der Waals surface area contributed by atoms with Crippen LogP contribution in [0.5, 0.6) is 0 Å². The first kappa shape index (κ1) is 22.9. The van der Waals surface area contributed by atoms with Crippen molar-refractivity contribution < 1.29 is 18.1 Å². The van der Waals surface area contributed by atoms with Crippen LogP contribution in [0.3, 0.4) is 0 Å². The summed E-state index contributed by atoms with van der Waals surface area (Å²) in [5, 5.41) is 0. The highest BCUT2D eigenvalue weighted by molar-refractivity contribution is 7.48. The molecule has 0 aliphatic carbocycles. The van der Waals surface area contributed by atoms with Gasteiger partial charge in [0.1, 0.15) is 13.7 Å². The maximum atomic E-state index is 12.7. The lowest BCUT2D eigenvalue weighted by atomic mass is 9.97. The highest BCUT2D eigenvalue weighted by Crippen LogP contribution is 2.53. The fraction of sp³-hybridized carbons (Fsp3) is 0.882. The molecular formula is C17H35O4PSi. The summed E-state index contributed by atoms with van der Waals surface area (Å²) in [6, 6.07) is 0. The second-order valence-corrected chi connectivity index (χ2v) is 13.7. The third-order valence-electron chi connectivity index (χ3n) is 3.02. The van der Waals surface area contributed by atoms with Gasteiger partial charge in [-0.2, -0.15) is 0 Å². The summed E-state index contributed by atoms with van der Waals surface area (Å²) in [6.07, 6.45) is 2.76. The van der Waals surface area contributed by atoms with Crippen LogP contribution in [0.2, 0.25) is 19.6 Å². The van der Waals surface area contributed by atoms with Gasteiger partial charge in [-0.3, -0.25) is 13.6 Å². The van der Waals surface area contributed by atoms with E-state index in [2.05, 4.69) is 45.0 Å². The molecule has 136 valence electrons. The van der Waals surface area contributed by atoms with Gasteiger partial charge in [-0.05, 0) is 39.5 Å². The van der Waals surface area contributed by atoms with E-state index in [0.29, 0.717) is 12.3 Å². The molecule has 0 aliphatic heterocycles. The Balaban J connectivity index is 5.29. The standard InChI is InChI=1S/C17H35O4PSi/c1-9-19-22(18,20-10-2)21-17(5,13-11-12-16(3)4)14-15-23(6,7)8/h16H,9-13H2,1-8H3/t17-/m0/s1. The average Bonchev–Trinajstić information content (AvgIpc) is 2.35. The fourth-order valence-corrected chi connectivity index (χ4v) is 4.03. The predicted octanol–water partition coefficient (Wildman–Crippen LogP) is 5.65. The molecule has 4 nitrogen and oxygen atoms in total. The van der Waals surface area contributed by atoms with Crippen molar-refractivity contribution in [3.8, 4) is 11.5 Å². The molecule has 0 bridgehead atoms. The Hall–Kier alpha value is -0.113. The number of hydrogen-bond acceptors (Lipinski definition) is 4. The fourth-order valence-electron chi connectivity index (χ4n) is 1.95. The highest BCUT2D eigenvalue weighted by atomic mass is 31.2. The van der Waals surface area contributed by atoms with E-state index in [9.17, 15) is 4.57 Å². The second-order valence-electron chi connectivity index (χ2n) is 7.39. The third-order valence-corrected chi connectivity index (χ3v) is 5.68. The topological polar surface area (TPSA) is 44.8 Å². The average molecular weight is 363 g/mol. The number of hydrogen-bond donors (Lipinski definition) is 0. The van der Waals surface area contributed by atoms with Gasteiger partial charge < -0.3 is 0 Å². The maximum absolute atomic E-state index is 12.7. The van der Waals surface area contributed by atoms with Crippen LogP contribution in [0.4, 0.5) is 0 Å². The van der Waals surface area contributed by atoms with E-state index in [1.807, 2.05) is 6.92 Å². The van der Waals surface area contributed by atoms with E-state index < -0.39 is 21.5 Å². The third kappa shape index (κ3) is 11.1. The lowest BCUT2D eigenvalue weighted by Gasteiger charge is -2.29. The van der Waals surface area contributed by atoms with Crippen LogP contribution in [0, 0.1) is 17.4 Å². The van der Waals surface area contributed by atoms with E-state index in [4.69, 9.17) is 13.6 Å². The zero-order valence-electron chi connectivity index (χ0n) is 16.2. The van der Waals surface area contributed by atoms with Crippen molar-refractivity contribution in [1.29, 1.82) is 0 Å². The van der Waals surface area contributed by atoms with Crippen LogP contribution in [0.25, 0.3) is 0 Å². The molecule has 0 saturated carbocycles. The minimum Gasteiger partial charge on any atom is -0.287 e. The Morgan fingerprint density at radius 3 is 2.04 bits per heavy atom. The van der Waals surface area contributed by atoms with Gasteiger partial charge in [-0.25, -0.2) is 4.57 Å². The van der Waals surface area contributed by atoms with Gasteiger partial charge in [-0.1, -0.05) is 45.8 Å². The molecule has 0 heterocycles. The van der Waals surface area contributed by atoms with Crippen LogP contribution >= 0.6 is 7.82 Å². The summed E-state index contributed by atoms with van der Waals surface area (Å²) in [5.41, 5.74) is 2.53. The SMILES string of the molecule is CCOP(=O)(OCC)O[C@](C)(C#C[Si](C)(C)C)CCCC(C)C. The molecule has 0 aromatic carbocycles. The van der Waals surface area contributed by atoms with Gasteiger partial charge in [0.05, 0.1) is 13.2 Å². The number of phosphoric acid groups is 1. The largest absolute Gasteiger partial charge is 0.476 e. The molecule has 0 amide bonds. The summed E-state index contributed by atoms with van der Waals surface area (Å²) in [6.45, 7) is 16.9. The lowest BCUT2D eigenvalue weighted by molar-refractivity contribution is 0.0517. The summed E-state index contributed by atoms with van der Waals surface area (Å²) < 4.78 is 29.1. The van der Waals surface area contributed by atoms with Gasteiger partial charge >= 0.3 is 7.82 Å². The van der Waals surface area contributed by atoms with Crippen molar-refractivity contribution in [3.05, 3.63) is 0 Å². The van der Waals surface area contributed by atoms with Crippen LogP contribution in [0.1, 0.15) is 53.9 Å². The van der Waals surface area contributed by atoms with E-state index in [-0.39, 0.29) is 13.2 Å². The first-order valence-electron chi connectivity index (χ1n) is 8.59. The van der Waals surface area contributed by atoms with Crippen molar-refractivity contribution in [2.75, 3.05) is 13.2 Å². The maximum Gasteiger partial charge on any atom is 0.476 e. The summed E-state index contributed by atoms with van der Waals surface area (Å²) >= 11 is 0. The molecule has 0 aliphatic rings. The molecule has 1 atom stereocenters. The molecule has 23 heavy (non-hydrogen) atoms. The summed E-state index contributed by atoms with van der Waals surface area (Å²) in [7, 11) is -5.13. The molecule has 0 unspecified atom stereocenters. The molecular weight excluding hydrogens is 327 g/mol. The predicted molar refractivity (Wildman–Crippen MR) is 100 cm³/mol. The Morgan fingerprint density at radius 2 is 1.65 bits per heavy atom. The summed E-state index contributed by atoms with van der Waals surface area (Å²) in [4.78, 5) is 0. The van der Waals surface area contributed by atoms with Crippen molar-refractivity contribution >= 4 is 15.9 Å². The first-order chi connectivity index (χ1) is 10.5. The van der Waals surface area contributed by atoms with Gasteiger partial charge in [0.2, 0.25) is 0 Å². The normalized spacial score (nSPS) is 15.2. The first-order valence-corrected chi connectivity index (χ1v) is 13.6. The minimum atomic E-state index is -3.57. The Kier molecular flexibility index (Phi) is 9.96. The molecule has 0 radical (unpaired) electrons. The Labute approximate surface area is 144 Å². The van der Waals surface area contributed by atoms with Gasteiger partial charge in [-0.15, -0.1) is 5.54 Å². The summed E-state index contributed by atoms with van der Waals surface area (Å²) in [5.74, 6) is 3.86. The monoisotopic (exact) mass is 362 g/mol. The Bertz CT molecular complexity index is 438. The highest BCUT2D eigenvalue weighted by Gasteiger charge is 2.36. The molecule has 0 N–H and O–H groups in total. The van der Waals surface area contributed by atoms with Crippen molar-refractivity contribution in [2.45, 2.75) is 79.1 Å². The molecule has 0 saturated heterocycles. The molecule has 0 aromatic rings. The van der Waals surface area contributed by atoms with Crippen LogP contribution in [-0.2, 0) is 18.1 Å². The zero-order chi connectivity index (χ0) is 18.1. The van der Waals surface area contributed by atoms with Crippen LogP contribution in [0.15, 0.2) is 0 Å². The van der Waals surface area contributed by atoms with Crippen LogP contribution < -0.4 is 0 Å². The molecule has 0 aromatic heterocycles. The van der Waals surface area contributed by atoms with Crippen molar-refractivity contribution in [1.82, 2.24) is 0 Å². The van der Waals surface area contributed by atoms with E-state index in [0.717, 1.165) is 12.8 Å². The molecule has 6 heteroatoms. The Morgan fingerprint density at radius 1 is 1.13 bits per heavy atom. The number of phosphoric ester groups is 1. The zero-order valence-corrected chi connectivity index (χ0v) is 18.1. The smallest absolute Gasteiger partial charge is 0.287 e. The molecule has 0 fully saturated rings. The van der Waals surface area contributed by atoms with Crippen molar-refractivity contribution in [2.24, 2.45) is 5.92 Å². The van der Waals surface area contributed by atoms with Gasteiger partial charge in [0.15, 0.2) is 0 Å². The van der Waals surface area contributed by atoms with Crippen LogP contribution in [-0.4, -0.2) is 26.9 Å². The van der Waals surface area contributed by atoms with E-state index in [1.54, 1.807) is 13.8 Å². The lowest BCUT2D eigenvalue weighted by Crippen LogP contribution is -2.28. The van der Waals surface area contributed by atoms with E-state index >= 15 is 0 Å². The van der Waals surface area contributed by atoms with E-state index in [1.165, 1.54) is 0 Å². The molecule has 0 rings (SSSR count). The second kappa shape index (κ2) is 10.0. The van der Waals surface area contributed by atoms with Gasteiger partial charge in [0.25, 0.3) is 0 Å². The number of rotatable bonds is 10. The minimum absolute atomic E-state index is 0.279. The van der Waals surface area contributed by atoms with Gasteiger partial charge in [0, 0.05) is 0 Å². The molecule has 0 spiro atoms. The quantitative estimate of drug-likeness (QED) is 0.286.